The van der Waals surface area contributed by atoms with Crippen LogP contribution >= 0.6 is 0 Å². The van der Waals surface area contributed by atoms with Gasteiger partial charge in [-0.2, -0.15) is 0 Å². The van der Waals surface area contributed by atoms with Crippen molar-refractivity contribution in [3.8, 4) is 0 Å². The zero-order valence-corrected chi connectivity index (χ0v) is 24.5. The Balaban J connectivity index is 0.00000260. The molecule has 1 atom stereocenters. The number of anilines is 1. The second-order valence-electron chi connectivity index (χ2n) is 9.25. The lowest BCUT2D eigenvalue weighted by Crippen LogP contribution is -2.08. The third-order valence-corrected chi connectivity index (χ3v) is 6.86. The number of oxime groups is 2. The minimum absolute atomic E-state index is 0.306. The van der Waals surface area contributed by atoms with Gasteiger partial charge in [-0.15, -0.1) is 0 Å². The molecule has 0 aliphatic heterocycles. The van der Waals surface area contributed by atoms with Gasteiger partial charge in [0.05, 0.1) is 22.6 Å². The van der Waals surface area contributed by atoms with Crippen LogP contribution in [0.4, 0.5) is 5.69 Å². The molecule has 0 aliphatic rings. The van der Waals surface area contributed by atoms with Gasteiger partial charge in [0.15, 0.2) is 0 Å². The average molecular weight is 537 g/mol. The summed E-state index contributed by atoms with van der Waals surface area (Å²) in [4.78, 5) is 32.0. The van der Waals surface area contributed by atoms with Gasteiger partial charge in [0.1, 0.15) is 0 Å². The highest BCUT2D eigenvalue weighted by molar-refractivity contribution is 6.17. The number of nitrogens with two attached hydrogens (primary N) is 1. The minimum atomic E-state index is -0.442. The van der Waals surface area contributed by atoms with Crippen LogP contribution in [-0.4, -0.2) is 28.4 Å². The Labute approximate surface area is 232 Å². The molecule has 0 bridgehead atoms. The van der Waals surface area contributed by atoms with E-state index < -0.39 is 5.97 Å². The summed E-state index contributed by atoms with van der Waals surface area (Å²) in [6, 6.07) is 10.1. The Morgan fingerprint density at radius 1 is 1.00 bits per heavy atom. The maximum Gasteiger partial charge on any atom is 0.331 e. The van der Waals surface area contributed by atoms with Crippen LogP contribution in [0.15, 0.2) is 40.6 Å². The summed E-state index contributed by atoms with van der Waals surface area (Å²) in [6.07, 6.45) is 5.68. The zero-order valence-electron chi connectivity index (χ0n) is 24.5. The highest BCUT2D eigenvalue weighted by atomic mass is 16.7. The van der Waals surface area contributed by atoms with Gasteiger partial charge >= 0.3 is 12.4 Å². The van der Waals surface area contributed by atoms with Gasteiger partial charge in [-0.1, -0.05) is 70.3 Å². The van der Waals surface area contributed by atoms with Gasteiger partial charge < -0.3 is 20.0 Å². The molecule has 2 aromatic carbocycles. The summed E-state index contributed by atoms with van der Waals surface area (Å²) in [7, 11) is 0. The first-order chi connectivity index (χ1) is 18.9. The predicted octanol–water partition coefficient (Wildman–Crippen LogP) is 7.58. The Hall–Kier alpha value is -3.68. The number of benzene rings is 2. The molecule has 0 saturated carbocycles. The van der Waals surface area contributed by atoms with Crippen LogP contribution in [0.5, 0.6) is 0 Å². The Bertz CT molecular complexity index is 1320. The normalized spacial score (nSPS) is 12.7. The standard InChI is InChI=1S/C29H38N4O4.C2H6/c1-6-10-20(7-2)11-13-27(32-37-19(5)35)21-12-14-28-23(15-21)24-16-22(26(8-3)31-36-18-34)17-25(30)29(24)33(28)9-4;1-2/h12,14-18,20H,6-11,13,30H2,1-5H3;1-2H3/b31-26+,32-27+;. The number of hydrogen-bond donors (Lipinski definition) is 1. The van der Waals surface area contributed by atoms with Gasteiger partial charge in [0.2, 0.25) is 0 Å². The van der Waals surface area contributed by atoms with Crippen molar-refractivity contribution in [2.75, 3.05) is 5.73 Å². The summed E-state index contributed by atoms with van der Waals surface area (Å²) in [6.45, 7) is 14.9. The van der Waals surface area contributed by atoms with Crippen molar-refractivity contribution in [2.24, 2.45) is 16.2 Å². The molecule has 3 rings (SSSR count). The molecule has 212 valence electrons. The topological polar surface area (TPSA) is 108 Å². The average Bonchev–Trinajstić information content (AvgIpc) is 3.27. The fourth-order valence-corrected chi connectivity index (χ4v) is 5.02. The maximum absolute atomic E-state index is 11.6. The van der Waals surface area contributed by atoms with E-state index in [0.29, 0.717) is 36.6 Å². The number of aromatic nitrogens is 1. The van der Waals surface area contributed by atoms with E-state index >= 15 is 0 Å². The summed E-state index contributed by atoms with van der Waals surface area (Å²) in [5, 5.41) is 10.2. The first-order valence-electron chi connectivity index (χ1n) is 14.1. The lowest BCUT2D eigenvalue weighted by Gasteiger charge is -2.14. The lowest BCUT2D eigenvalue weighted by molar-refractivity contribution is -0.141. The molecule has 2 N–H and O–H groups in total. The lowest BCUT2D eigenvalue weighted by atomic mass is 9.92. The van der Waals surface area contributed by atoms with Crippen LogP contribution < -0.4 is 5.73 Å². The molecule has 1 aromatic heterocycles. The third-order valence-electron chi connectivity index (χ3n) is 6.86. The molecule has 8 heteroatoms. The van der Waals surface area contributed by atoms with Crippen LogP contribution in [0, 0.1) is 5.92 Å². The molecule has 0 radical (unpaired) electrons. The molecule has 1 unspecified atom stereocenters. The number of aryl methyl sites for hydroxylation is 1. The number of fused-ring (bicyclic) bond motifs is 3. The number of hydrogen-bond acceptors (Lipinski definition) is 7. The van der Waals surface area contributed by atoms with Crippen molar-refractivity contribution in [3.63, 3.8) is 0 Å². The summed E-state index contributed by atoms with van der Waals surface area (Å²) >= 11 is 0. The van der Waals surface area contributed by atoms with E-state index in [1.165, 1.54) is 6.92 Å². The van der Waals surface area contributed by atoms with Gasteiger partial charge in [-0.3, -0.25) is 4.79 Å². The molecule has 0 saturated heterocycles. The van der Waals surface area contributed by atoms with E-state index in [-0.39, 0.29) is 0 Å². The van der Waals surface area contributed by atoms with E-state index in [4.69, 9.17) is 10.6 Å². The van der Waals surface area contributed by atoms with Crippen LogP contribution in [0.3, 0.4) is 0 Å². The first-order valence-corrected chi connectivity index (χ1v) is 14.1. The van der Waals surface area contributed by atoms with Crippen molar-refractivity contribution in [2.45, 2.75) is 93.5 Å². The molecular weight excluding hydrogens is 492 g/mol. The number of nitrogens with zero attached hydrogens (tertiary/aromatic N) is 3. The van der Waals surface area contributed by atoms with Crippen molar-refractivity contribution >= 4 is 51.4 Å². The largest absolute Gasteiger partial charge is 0.397 e. The van der Waals surface area contributed by atoms with Crippen LogP contribution in [0.1, 0.15) is 98.1 Å². The Morgan fingerprint density at radius 3 is 2.31 bits per heavy atom. The van der Waals surface area contributed by atoms with E-state index in [1.54, 1.807) is 0 Å². The van der Waals surface area contributed by atoms with E-state index in [1.807, 2.05) is 39.0 Å². The number of nitrogen functional groups attached to an aromatic ring is 1. The zero-order chi connectivity index (χ0) is 28.9. The second kappa shape index (κ2) is 15.7. The first kappa shape index (κ1) is 31.5. The molecule has 0 fully saturated rings. The monoisotopic (exact) mass is 536 g/mol. The molecule has 0 spiro atoms. The van der Waals surface area contributed by atoms with Gasteiger partial charge in [-0.05, 0) is 56.4 Å². The molecule has 3 aromatic rings. The number of rotatable bonds is 13. The van der Waals surface area contributed by atoms with Gasteiger partial charge in [0, 0.05) is 40.9 Å². The minimum Gasteiger partial charge on any atom is -0.397 e. The molecule has 0 amide bonds. The Kier molecular flexibility index (Phi) is 12.7. The highest BCUT2D eigenvalue weighted by Crippen LogP contribution is 2.35. The van der Waals surface area contributed by atoms with E-state index in [0.717, 1.165) is 70.9 Å². The molecule has 8 nitrogen and oxygen atoms in total. The number of carbonyl (C=O) groups excluding carboxylic acids is 2. The third kappa shape index (κ3) is 7.68. The molecular formula is C31H44N4O4. The van der Waals surface area contributed by atoms with Crippen molar-refractivity contribution in [1.82, 2.24) is 4.57 Å². The maximum atomic E-state index is 11.6. The van der Waals surface area contributed by atoms with E-state index in [2.05, 4.69) is 52.6 Å². The second-order valence-corrected chi connectivity index (χ2v) is 9.25. The molecule has 0 aliphatic carbocycles. The van der Waals surface area contributed by atoms with E-state index in [9.17, 15) is 9.59 Å². The van der Waals surface area contributed by atoms with Crippen molar-refractivity contribution in [3.05, 3.63) is 41.5 Å². The smallest absolute Gasteiger partial charge is 0.331 e. The van der Waals surface area contributed by atoms with Gasteiger partial charge in [0.25, 0.3) is 0 Å². The SMILES string of the molecule is CC.CCCC(CC)CC/C(=N\OC(C)=O)c1ccc2c(c1)c1cc(/C(CC)=N/OC=O)cc(N)c1n2CC. The predicted molar refractivity (Wildman–Crippen MR) is 161 cm³/mol. The highest BCUT2D eigenvalue weighted by Gasteiger charge is 2.18. The summed E-state index contributed by atoms with van der Waals surface area (Å²) in [5.74, 6) is 0.157. The molecule has 1 heterocycles. The van der Waals surface area contributed by atoms with Crippen molar-refractivity contribution in [1.29, 1.82) is 0 Å². The summed E-state index contributed by atoms with van der Waals surface area (Å²) < 4.78 is 2.19. The fourth-order valence-electron chi connectivity index (χ4n) is 5.02. The number of carbonyl (C=O) groups is 2. The van der Waals surface area contributed by atoms with Crippen LogP contribution in [-0.2, 0) is 25.8 Å². The fraction of sp³-hybridized carbons (Fsp3) is 0.484. The molecule has 39 heavy (non-hydrogen) atoms. The van der Waals surface area contributed by atoms with Gasteiger partial charge in [-0.25, -0.2) is 4.79 Å². The van der Waals surface area contributed by atoms with Crippen molar-refractivity contribution < 1.29 is 19.3 Å². The Morgan fingerprint density at radius 2 is 1.72 bits per heavy atom. The van der Waals surface area contributed by atoms with Crippen LogP contribution in [0.25, 0.3) is 21.8 Å². The van der Waals surface area contributed by atoms with Crippen LogP contribution in [0.2, 0.25) is 0 Å². The summed E-state index contributed by atoms with van der Waals surface area (Å²) in [5.41, 5.74) is 12.3. The quantitative estimate of drug-likeness (QED) is 0.0796.